The molecular weight excluding hydrogens is 144 g/mol. The Bertz CT molecular complexity index is 191. The topological polar surface area (TPSA) is 63.4 Å². The van der Waals surface area contributed by atoms with Gasteiger partial charge < -0.3 is 10.6 Å². The Morgan fingerprint density at radius 3 is 2.82 bits per heavy atom. The van der Waals surface area contributed by atoms with E-state index in [2.05, 4.69) is 0 Å². The number of likely N-dealkylation sites (tertiary alicyclic amines) is 1. The summed E-state index contributed by atoms with van der Waals surface area (Å²) in [7, 11) is 1.74. The average Bonchev–Trinajstić information content (AvgIpc) is 2.18. The highest BCUT2D eigenvalue weighted by Gasteiger charge is 2.29. The van der Waals surface area contributed by atoms with E-state index in [1.165, 1.54) is 0 Å². The van der Waals surface area contributed by atoms with Crippen LogP contribution in [0.5, 0.6) is 0 Å². The van der Waals surface area contributed by atoms with Crippen LogP contribution in [0.2, 0.25) is 0 Å². The minimum Gasteiger partial charge on any atom is -0.370 e. The standard InChI is InChI=1S/C7H12N2O2/c1-9-3-2-5(7(9)11)4-6(8)10/h5H,2-4H2,1H3,(H2,8,10). The van der Waals surface area contributed by atoms with Gasteiger partial charge >= 0.3 is 0 Å². The Balaban J connectivity index is 2.49. The van der Waals surface area contributed by atoms with Gasteiger partial charge in [0.15, 0.2) is 0 Å². The minimum absolute atomic E-state index is 0.0452. The summed E-state index contributed by atoms with van der Waals surface area (Å²) in [5.41, 5.74) is 4.97. The van der Waals surface area contributed by atoms with Crippen LogP contribution in [0.4, 0.5) is 0 Å². The van der Waals surface area contributed by atoms with E-state index in [0.29, 0.717) is 0 Å². The number of nitrogens with zero attached hydrogens (tertiary/aromatic N) is 1. The molecule has 0 bridgehead atoms. The quantitative estimate of drug-likeness (QED) is 0.577. The van der Waals surface area contributed by atoms with Crippen LogP contribution in [0.25, 0.3) is 0 Å². The Hall–Kier alpha value is -1.06. The molecule has 1 aliphatic heterocycles. The zero-order valence-electron chi connectivity index (χ0n) is 6.54. The number of hydrogen-bond acceptors (Lipinski definition) is 2. The van der Waals surface area contributed by atoms with Crippen molar-refractivity contribution in [3.8, 4) is 0 Å². The van der Waals surface area contributed by atoms with Crippen molar-refractivity contribution in [2.24, 2.45) is 11.7 Å². The van der Waals surface area contributed by atoms with Crippen LogP contribution >= 0.6 is 0 Å². The van der Waals surface area contributed by atoms with Gasteiger partial charge in [-0.15, -0.1) is 0 Å². The molecule has 2 amide bonds. The van der Waals surface area contributed by atoms with Gasteiger partial charge in [0.25, 0.3) is 0 Å². The van der Waals surface area contributed by atoms with E-state index in [1.54, 1.807) is 11.9 Å². The molecule has 1 fully saturated rings. The Kier molecular flexibility index (Phi) is 2.12. The van der Waals surface area contributed by atoms with Crippen LogP contribution in [0.1, 0.15) is 12.8 Å². The zero-order valence-corrected chi connectivity index (χ0v) is 6.54. The van der Waals surface area contributed by atoms with E-state index >= 15 is 0 Å². The number of primary amides is 1. The molecule has 62 valence electrons. The van der Waals surface area contributed by atoms with Crippen LogP contribution in [0.3, 0.4) is 0 Å². The molecule has 1 rings (SSSR count). The molecule has 0 aromatic carbocycles. The van der Waals surface area contributed by atoms with Crippen molar-refractivity contribution in [2.45, 2.75) is 12.8 Å². The number of hydrogen-bond donors (Lipinski definition) is 1. The minimum atomic E-state index is -0.390. The van der Waals surface area contributed by atoms with Gasteiger partial charge in [-0.3, -0.25) is 9.59 Å². The van der Waals surface area contributed by atoms with Crippen LogP contribution in [0, 0.1) is 5.92 Å². The summed E-state index contributed by atoms with van der Waals surface area (Å²) in [6.45, 7) is 0.747. The van der Waals surface area contributed by atoms with E-state index in [9.17, 15) is 9.59 Å². The first-order chi connectivity index (χ1) is 5.11. The summed E-state index contributed by atoms with van der Waals surface area (Å²) in [5, 5.41) is 0. The molecule has 0 saturated carbocycles. The molecule has 2 N–H and O–H groups in total. The van der Waals surface area contributed by atoms with E-state index in [-0.39, 0.29) is 18.2 Å². The molecule has 1 aliphatic rings. The molecule has 0 aliphatic carbocycles. The molecule has 1 saturated heterocycles. The lowest BCUT2D eigenvalue weighted by molar-refractivity contribution is -0.132. The highest BCUT2D eigenvalue weighted by molar-refractivity contribution is 5.86. The molecule has 1 unspecified atom stereocenters. The maximum atomic E-state index is 11.2. The van der Waals surface area contributed by atoms with Crippen molar-refractivity contribution in [1.29, 1.82) is 0 Å². The molecule has 0 aromatic heterocycles. The first kappa shape index (κ1) is 8.04. The predicted molar refractivity (Wildman–Crippen MR) is 39.6 cm³/mol. The van der Waals surface area contributed by atoms with Crippen molar-refractivity contribution in [1.82, 2.24) is 4.90 Å². The van der Waals surface area contributed by atoms with Crippen molar-refractivity contribution in [3.63, 3.8) is 0 Å². The molecule has 4 heteroatoms. The second-order valence-corrected chi connectivity index (χ2v) is 2.92. The monoisotopic (exact) mass is 156 g/mol. The van der Waals surface area contributed by atoms with Gasteiger partial charge in [-0.1, -0.05) is 0 Å². The smallest absolute Gasteiger partial charge is 0.226 e. The first-order valence-electron chi connectivity index (χ1n) is 3.64. The third-order valence-corrected chi connectivity index (χ3v) is 1.99. The van der Waals surface area contributed by atoms with Crippen LogP contribution in [0.15, 0.2) is 0 Å². The van der Waals surface area contributed by atoms with E-state index in [1.807, 2.05) is 0 Å². The molecule has 0 radical (unpaired) electrons. The van der Waals surface area contributed by atoms with Crippen molar-refractivity contribution >= 4 is 11.8 Å². The number of nitrogens with two attached hydrogens (primary N) is 1. The van der Waals surface area contributed by atoms with Gasteiger partial charge in [0.1, 0.15) is 0 Å². The number of carbonyl (C=O) groups excluding carboxylic acids is 2. The zero-order chi connectivity index (χ0) is 8.43. The maximum absolute atomic E-state index is 11.2. The largest absolute Gasteiger partial charge is 0.370 e. The molecular formula is C7H12N2O2. The molecule has 0 aromatic rings. The fourth-order valence-electron chi connectivity index (χ4n) is 1.33. The lowest BCUT2D eigenvalue weighted by Crippen LogP contribution is -2.25. The van der Waals surface area contributed by atoms with Crippen LogP contribution in [-0.2, 0) is 9.59 Å². The van der Waals surface area contributed by atoms with E-state index < -0.39 is 5.91 Å². The summed E-state index contributed by atoms with van der Waals surface area (Å²) >= 11 is 0. The molecule has 0 spiro atoms. The van der Waals surface area contributed by atoms with Crippen LogP contribution < -0.4 is 5.73 Å². The van der Waals surface area contributed by atoms with E-state index in [4.69, 9.17) is 5.73 Å². The van der Waals surface area contributed by atoms with Crippen molar-refractivity contribution in [3.05, 3.63) is 0 Å². The summed E-state index contributed by atoms with van der Waals surface area (Å²) in [5.74, 6) is -0.500. The van der Waals surface area contributed by atoms with E-state index in [0.717, 1.165) is 13.0 Å². The lowest BCUT2D eigenvalue weighted by Gasteiger charge is -2.07. The Morgan fingerprint density at radius 2 is 2.45 bits per heavy atom. The summed E-state index contributed by atoms with van der Waals surface area (Å²) < 4.78 is 0. The number of amides is 2. The fourth-order valence-corrected chi connectivity index (χ4v) is 1.33. The normalized spacial score (nSPS) is 24.3. The number of carbonyl (C=O) groups is 2. The molecule has 4 nitrogen and oxygen atoms in total. The summed E-state index contributed by atoms with van der Waals surface area (Å²) in [6, 6.07) is 0. The van der Waals surface area contributed by atoms with Crippen molar-refractivity contribution in [2.75, 3.05) is 13.6 Å². The first-order valence-corrected chi connectivity index (χ1v) is 3.64. The van der Waals surface area contributed by atoms with Gasteiger partial charge in [0.2, 0.25) is 11.8 Å². The second kappa shape index (κ2) is 2.90. The summed E-state index contributed by atoms with van der Waals surface area (Å²) in [6.07, 6.45) is 0.960. The predicted octanol–water partition coefficient (Wildman–Crippen LogP) is -0.660. The maximum Gasteiger partial charge on any atom is 0.226 e. The Labute approximate surface area is 65.3 Å². The second-order valence-electron chi connectivity index (χ2n) is 2.92. The van der Waals surface area contributed by atoms with Gasteiger partial charge in [-0.05, 0) is 6.42 Å². The highest BCUT2D eigenvalue weighted by Crippen LogP contribution is 2.18. The number of rotatable bonds is 2. The Morgan fingerprint density at radius 1 is 1.82 bits per heavy atom. The van der Waals surface area contributed by atoms with Crippen LogP contribution in [-0.4, -0.2) is 30.3 Å². The fraction of sp³-hybridized carbons (Fsp3) is 0.714. The third kappa shape index (κ3) is 1.69. The highest BCUT2D eigenvalue weighted by atomic mass is 16.2. The molecule has 11 heavy (non-hydrogen) atoms. The average molecular weight is 156 g/mol. The SMILES string of the molecule is CN1CCC(CC(N)=O)C1=O. The lowest BCUT2D eigenvalue weighted by atomic mass is 10.0. The van der Waals surface area contributed by atoms with Gasteiger partial charge in [-0.2, -0.15) is 0 Å². The van der Waals surface area contributed by atoms with Gasteiger partial charge in [0.05, 0.1) is 0 Å². The molecule has 1 atom stereocenters. The van der Waals surface area contributed by atoms with Gasteiger partial charge in [0, 0.05) is 25.9 Å². The molecule has 1 heterocycles. The summed E-state index contributed by atoms with van der Waals surface area (Å²) in [4.78, 5) is 23.3. The third-order valence-electron chi connectivity index (χ3n) is 1.99. The van der Waals surface area contributed by atoms with Gasteiger partial charge in [-0.25, -0.2) is 0 Å². The van der Waals surface area contributed by atoms with Crippen molar-refractivity contribution < 1.29 is 9.59 Å².